The Morgan fingerprint density at radius 3 is 3.08 bits per heavy atom. The maximum atomic E-state index is 9.03. The molecule has 0 aliphatic carbocycles. The van der Waals surface area contributed by atoms with Crippen molar-refractivity contribution in [3.63, 3.8) is 0 Å². The predicted molar refractivity (Wildman–Crippen MR) is 54.1 cm³/mol. The molecule has 1 rings (SSSR count). The van der Waals surface area contributed by atoms with E-state index in [1.54, 1.807) is 0 Å². The fourth-order valence-corrected chi connectivity index (χ4v) is 1.60. The van der Waals surface area contributed by atoms with Gasteiger partial charge in [0.15, 0.2) is 0 Å². The maximum Gasteiger partial charge on any atom is 0.0642 e. The first kappa shape index (κ1) is 10.4. The molecule has 0 amide bonds. The van der Waals surface area contributed by atoms with Crippen LogP contribution in [-0.4, -0.2) is 29.2 Å². The third-order valence-corrected chi connectivity index (χ3v) is 2.47. The Balaban J connectivity index is 2.28. The van der Waals surface area contributed by atoms with E-state index >= 15 is 0 Å². The lowest BCUT2D eigenvalue weighted by molar-refractivity contribution is 0.202. The molecule has 2 heteroatoms. The summed E-state index contributed by atoms with van der Waals surface area (Å²) in [5.41, 5.74) is 0. The fraction of sp³-hybridized carbons (Fsp3) is 0.818. The number of nitrogens with zero attached hydrogens (tertiary/aromatic N) is 1. The summed E-state index contributed by atoms with van der Waals surface area (Å²) in [6, 6.07) is 3.44. The number of hydrogen-bond donors (Lipinski definition) is 1. The molecule has 1 fully saturated rings. The highest BCUT2D eigenvalue weighted by Crippen LogP contribution is 2.14. The van der Waals surface area contributed by atoms with Crippen LogP contribution < -0.4 is 0 Å². The van der Waals surface area contributed by atoms with Gasteiger partial charge in [-0.25, -0.2) is 0 Å². The molecule has 0 saturated carbocycles. The molecular formula is C11H19NO. The van der Waals surface area contributed by atoms with E-state index in [-0.39, 0.29) is 6.61 Å². The third-order valence-electron chi connectivity index (χ3n) is 2.47. The van der Waals surface area contributed by atoms with Crippen LogP contribution in [0, 0.1) is 12.0 Å². The van der Waals surface area contributed by atoms with Gasteiger partial charge in [-0.1, -0.05) is 19.3 Å². The van der Waals surface area contributed by atoms with Crippen LogP contribution >= 0.6 is 0 Å². The van der Waals surface area contributed by atoms with Gasteiger partial charge in [-0.2, -0.15) is 0 Å². The largest absolute Gasteiger partial charge is 0.394 e. The van der Waals surface area contributed by atoms with Gasteiger partial charge in [0.05, 0.1) is 12.6 Å². The summed E-state index contributed by atoms with van der Waals surface area (Å²) in [7, 11) is 0. The lowest BCUT2D eigenvalue weighted by Gasteiger charge is -2.16. The van der Waals surface area contributed by atoms with Crippen LogP contribution in [0.4, 0.5) is 0 Å². The van der Waals surface area contributed by atoms with Gasteiger partial charge in [-0.05, 0) is 19.3 Å². The van der Waals surface area contributed by atoms with Crippen molar-refractivity contribution in [2.75, 3.05) is 13.2 Å². The highest BCUT2D eigenvalue weighted by Gasteiger charge is 2.20. The SMILES string of the molecule is CCCCC#CN1CCC[C@H]1CO. The average Bonchev–Trinajstić information content (AvgIpc) is 2.60. The highest BCUT2D eigenvalue weighted by molar-refractivity contribution is 5.02. The first-order valence-corrected chi connectivity index (χ1v) is 5.24. The van der Waals surface area contributed by atoms with E-state index in [1.165, 1.54) is 19.3 Å². The minimum absolute atomic E-state index is 0.252. The third kappa shape index (κ3) is 3.28. The van der Waals surface area contributed by atoms with Gasteiger partial charge in [0, 0.05) is 19.0 Å². The van der Waals surface area contributed by atoms with E-state index < -0.39 is 0 Å². The Hall–Kier alpha value is -0.680. The van der Waals surface area contributed by atoms with Crippen LogP contribution in [0.1, 0.15) is 39.0 Å². The van der Waals surface area contributed by atoms with Gasteiger partial charge >= 0.3 is 0 Å². The minimum atomic E-state index is 0.252. The second-order valence-electron chi connectivity index (χ2n) is 3.56. The summed E-state index contributed by atoms with van der Waals surface area (Å²) in [6.45, 7) is 3.46. The van der Waals surface area contributed by atoms with E-state index in [2.05, 4.69) is 23.8 Å². The Morgan fingerprint density at radius 1 is 1.54 bits per heavy atom. The molecule has 0 unspecified atom stereocenters. The van der Waals surface area contributed by atoms with Crippen LogP contribution in [0.15, 0.2) is 0 Å². The number of hydrogen-bond acceptors (Lipinski definition) is 2. The van der Waals surface area contributed by atoms with E-state index in [9.17, 15) is 0 Å². The molecule has 2 nitrogen and oxygen atoms in total. The molecular weight excluding hydrogens is 162 g/mol. The molecule has 1 aliphatic heterocycles. The number of aliphatic hydroxyl groups excluding tert-OH is 1. The smallest absolute Gasteiger partial charge is 0.0642 e. The zero-order chi connectivity index (χ0) is 9.52. The molecule has 1 saturated heterocycles. The summed E-state index contributed by atoms with van der Waals surface area (Å²) in [5, 5.41) is 9.03. The summed E-state index contributed by atoms with van der Waals surface area (Å²) in [6.07, 6.45) is 5.65. The van der Waals surface area contributed by atoms with E-state index in [1.807, 2.05) is 0 Å². The Bertz CT molecular complexity index is 192. The topological polar surface area (TPSA) is 23.5 Å². The highest BCUT2D eigenvalue weighted by atomic mass is 16.3. The summed E-state index contributed by atoms with van der Waals surface area (Å²) >= 11 is 0. The Labute approximate surface area is 80.9 Å². The molecule has 0 aromatic rings. The van der Waals surface area contributed by atoms with Crippen LogP contribution in [0.2, 0.25) is 0 Å². The summed E-state index contributed by atoms with van der Waals surface area (Å²) in [5.74, 6) is 3.16. The second-order valence-corrected chi connectivity index (χ2v) is 3.56. The molecule has 1 atom stereocenters. The van der Waals surface area contributed by atoms with Gasteiger partial charge < -0.3 is 10.0 Å². The number of rotatable bonds is 3. The molecule has 0 bridgehead atoms. The molecule has 13 heavy (non-hydrogen) atoms. The van der Waals surface area contributed by atoms with Crippen molar-refractivity contribution >= 4 is 0 Å². The van der Waals surface area contributed by atoms with Crippen LogP contribution in [0.5, 0.6) is 0 Å². The van der Waals surface area contributed by atoms with E-state index in [4.69, 9.17) is 5.11 Å². The molecule has 0 aromatic heterocycles. The van der Waals surface area contributed by atoms with Crippen LogP contribution in [-0.2, 0) is 0 Å². The lowest BCUT2D eigenvalue weighted by Crippen LogP contribution is -2.27. The van der Waals surface area contributed by atoms with Crippen molar-refractivity contribution in [1.29, 1.82) is 0 Å². The average molecular weight is 181 g/mol. The van der Waals surface area contributed by atoms with Crippen LogP contribution in [0.25, 0.3) is 0 Å². The Morgan fingerprint density at radius 2 is 2.38 bits per heavy atom. The van der Waals surface area contributed by atoms with Crippen molar-refractivity contribution in [1.82, 2.24) is 4.90 Å². The molecule has 0 radical (unpaired) electrons. The fourth-order valence-electron chi connectivity index (χ4n) is 1.60. The number of aliphatic hydroxyl groups is 1. The van der Waals surface area contributed by atoms with E-state index in [0.717, 1.165) is 19.4 Å². The first-order valence-electron chi connectivity index (χ1n) is 5.24. The predicted octanol–water partition coefficient (Wildman–Crippen LogP) is 1.59. The van der Waals surface area contributed by atoms with Gasteiger partial charge in [0.2, 0.25) is 0 Å². The molecule has 74 valence electrons. The zero-order valence-corrected chi connectivity index (χ0v) is 8.42. The molecule has 1 N–H and O–H groups in total. The van der Waals surface area contributed by atoms with Gasteiger partial charge in [0.1, 0.15) is 0 Å². The quantitative estimate of drug-likeness (QED) is 0.528. The van der Waals surface area contributed by atoms with Gasteiger partial charge in [-0.3, -0.25) is 0 Å². The standard InChI is InChI=1S/C11H19NO/c1-2-3-4-5-8-12-9-6-7-11(12)10-13/h11,13H,2-4,6-7,9-10H2,1H3/t11-/m0/s1. The first-order chi connectivity index (χ1) is 6.38. The monoisotopic (exact) mass is 181 g/mol. The molecule has 0 spiro atoms. The normalized spacial score (nSPS) is 21.4. The minimum Gasteiger partial charge on any atom is -0.394 e. The second kappa shape index (κ2) is 5.88. The molecule has 0 aromatic carbocycles. The maximum absolute atomic E-state index is 9.03. The molecule has 1 aliphatic rings. The van der Waals surface area contributed by atoms with Crippen molar-refractivity contribution in [2.24, 2.45) is 0 Å². The van der Waals surface area contributed by atoms with Crippen LogP contribution in [0.3, 0.4) is 0 Å². The summed E-state index contributed by atoms with van der Waals surface area (Å²) in [4.78, 5) is 2.09. The Kier molecular flexibility index (Phi) is 4.70. The zero-order valence-electron chi connectivity index (χ0n) is 8.42. The number of likely N-dealkylation sites (tertiary alicyclic amines) is 1. The van der Waals surface area contributed by atoms with Gasteiger partial charge in [-0.15, -0.1) is 0 Å². The number of unbranched alkanes of at least 4 members (excludes halogenated alkanes) is 2. The van der Waals surface area contributed by atoms with Gasteiger partial charge in [0.25, 0.3) is 0 Å². The van der Waals surface area contributed by atoms with Crippen molar-refractivity contribution in [2.45, 2.75) is 45.1 Å². The van der Waals surface area contributed by atoms with E-state index in [0.29, 0.717) is 6.04 Å². The van der Waals surface area contributed by atoms with Crippen molar-refractivity contribution < 1.29 is 5.11 Å². The lowest BCUT2D eigenvalue weighted by atomic mass is 10.2. The van der Waals surface area contributed by atoms with Crippen molar-refractivity contribution in [3.05, 3.63) is 0 Å². The molecule has 1 heterocycles. The van der Waals surface area contributed by atoms with Crippen molar-refractivity contribution in [3.8, 4) is 12.0 Å². The summed E-state index contributed by atoms with van der Waals surface area (Å²) < 4.78 is 0.